The SMILES string of the molecule is Nc1cccc2c1Cc1ccccc1N2c1ccccc1. The van der Waals surface area contributed by atoms with Gasteiger partial charge in [0, 0.05) is 29.0 Å². The smallest absolute Gasteiger partial charge is 0.0517 e. The second-order valence-corrected chi connectivity index (χ2v) is 5.32. The molecule has 0 aromatic heterocycles. The van der Waals surface area contributed by atoms with Crippen molar-refractivity contribution >= 4 is 22.7 Å². The molecule has 2 nitrogen and oxygen atoms in total. The lowest BCUT2D eigenvalue weighted by molar-refractivity contribution is 1.09. The van der Waals surface area contributed by atoms with Crippen molar-refractivity contribution in [1.82, 2.24) is 0 Å². The zero-order valence-corrected chi connectivity index (χ0v) is 11.7. The molecular weight excluding hydrogens is 256 g/mol. The van der Waals surface area contributed by atoms with Crippen molar-refractivity contribution in [3.05, 3.63) is 83.9 Å². The van der Waals surface area contributed by atoms with Crippen molar-refractivity contribution in [3.8, 4) is 0 Å². The topological polar surface area (TPSA) is 29.3 Å². The van der Waals surface area contributed by atoms with Crippen molar-refractivity contribution in [2.75, 3.05) is 10.6 Å². The summed E-state index contributed by atoms with van der Waals surface area (Å²) < 4.78 is 0. The van der Waals surface area contributed by atoms with Gasteiger partial charge in [0.2, 0.25) is 0 Å². The van der Waals surface area contributed by atoms with Gasteiger partial charge in [-0.3, -0.25) is 0 Å². The predicted octanol–water partition coefficient (Wildman–Crippen LogP) is 4.64. The minimum Gasteiger partial charge on any atom is -0.398 e. The van der Waals surface area contributed by atoms with Gasteiger partial charge in [-0.05, 0) is 35.9 Å². The number of para-hydroxylation sites is 2. The molecule has 2 N–H and O–H groups in total. The Morgan fingerprint density at radius 1 is 0.714 bits per heavy atom. The fourth-order valence-corrected chi connectivity index (χ4v) is 3.05. The summed E-state index contributed by atoms with van der Waals surface area (Å²) in [6.45, 7) is 0. The number of fused-ring (bicyclic) bond motifs is 2. The van der Waals surface area contributed by atoms with Crippen LogP contribution < -0.4 is 10.6 Å². The lowest BCUT2D eigenvalue weighted by Gasteiger charge is -2.34. The van der Waals surface area contributed by atoms with Gasteiger partial charge in [0.05, 0.1) is 5.69 Å². The van der Waals surface area contributed by atoms with Crippen LogP contribution in [0.3, 0.4) is 0 Å². The van der Waals surface area contributed by atoms with Crippen LogP contribution in [0.5, 0.6) is 0 Å². The first kappa shape index (κ1) is 12.0. The maximum Gasteiger partial charge on any atom is 0.0517 e. The first-order valence-corrected chi connectivity index (χ1v) is 7.15. The second kappa shape index (κ2) is 4.67. The lowest BCUT2D eigenvalue weighted by atomic mass is 9.94. The Hall–Kier alpha value is -2.74. The number of hydrogen-bond acceptors (Lipinski definition) is 2. The molecule has 0 radical (unpaired) electrons. The maximum absolute atomic E-state index is 6.21. The molecular formula is C19H16N2. The summed E-state index contributed by atoms with van der Waals surface area (Å²) in [5, 5.41) is 0. The second-order valence-electron chi connectivity index (χ2n) is 5.32. The maximum atomic E-state index is 6.21. The van der Waals surface area contributed by atoms with Crippen LogP contribution in [-0.2, 0) is 6.42 Å². The molecule has 1 aliphatic rings. The molecule has 4 rings (SSSR count). The highest BCUT2D eigenvalue weighted by molar-refractivity contribution is 5.85. The molecule has 0 saturated heterocycles. The highest BCUT2D eigenvalue weighted by Gasteiger charge is 2.24. The molecule has 21 heavy (non-hydrogen) atoms. The van der Waals surface area contributed by atoms with Gasteiger partial charge in [0.15, 0.2) is 0 Å². The quantitative estimate of drug-likeness (QED) is 0.511. The minimum absolute atomic E-state index is 0.864. The largest absolute Gasteiger partial charge is 0.398 e. The number of rotatable bonds is 1. The molecule has 0 saturated carbocycles. The number of anilines is 4. The Bertz CT molecular complexity index is 794. The molecule has 0 aliphatic carbocycles. The van der Waals surface area contributed by atoms with Gasteiger partial charge in [0.25, 0.3) is 0 Å². The fraction of sp³-hybridized carbons (Fsp3) is 0.0526. The van der Waals surface area contributed by atoms with Crippen LogP contribution in [0.25, 0.3) is 0 Å². The van der Waals surface area contributed by atoms with Crippen molar-refractivity contribution in [1.29, 1.82) is 0 Å². The molecule has 1 aliphatic heterocycles. The molecule has 0 bridgehead atoms. The highest BCUT2D eigenvalue weighted by Crippen LogP contribution is 2.44. The van der Waals surface area contributed by atoms with Crippen molar-refractivity contribution in [2.45, 2.75) is 6.42 Å². The van der Waals surface area contributed by atoms with Gasteiger partial charge in [-0.25, -0.2) is 0 Å². The predicted molar refractivity (Wildman–Crippen MR) is 88.3 cm³/mol. The van der Waals surface area contributed by atoms with E-state index in [4.69, 9.17) is 5.73 Å². The summed E-state index contributed by atoms with van der Waals surface area (Å²) in [6, 6.07) is 25.1. The summed E-state index contributed by atoms with van der Waals surface area (Å²) in [5.41, 5.74) is 13.2. The summed E-state index contributed by atoms with van der Waals surface area (Å²) in [6.07, 6.45) is 0.890. The fourth-order valence-electron chi connectivity index (χ4n) is 3.05. The first-order valence-electron chi connectivity index (χ1n) is 7.15. The molecule has 102 valence electrons. The molecule has 2 heteroatoms. The average molecular weight is 272 g/mol. The van der Waals surface area contributed by atoms with Crippen LogP contribution in [0.2, 0.25) is 0 Å². The number of nitrogens with zero attached hydrogens (tertiary/aromatic N) is 1. The van der Waals surface area contributed by atoms with Gasteiger partial charge in [-0.1, -0.05) is 42.5 Å². The third-order valence-corrected chi connectivity index (χ3v) is 4.04. The zero-order valence-electron chi connectivity index (χ0n) is 11.7. The van der Waals surface area contributed by atoms with E-state index in [9.17, 15) is 0 Å². The number of nitrogen functional groups attached to an aromatic ring is 1. The Kier molecular flexibility index (Phi) is 2.68. The van der Waals surface area contributed by atoms with Crippen LogP contribution in [0.4, 0.5) is 22.7 Å². The van der Waals surface area contributed by atoms with E-state index >= 15 is 0 Å². The van der Waals surface area contributed by atoms with E-state index in [1.54, 1.807) is 0 Å². The van der Waals surface area contributed by atoms with Crippen molar-refractivity contribution in [2.24, 2.45) is 0 Å². The minimum atomic E-state index is 0.864. The van der Waals surface area contributed by atoms with Crippen LogP contribution in [0.1, 0.15) is 11.1 Å². The van der Waals surface area contributed by atoms with Gasteiger partial charge < -0.3 is 10.6 Å². The van der Waals surface area contributed by atoms with Gasteiger partial charge in [0.1, 0.15) is 0 Å². The molecule has 0 unspecified atom stereocenters. The van der Waals surface area contributed by atoms with E-state index < -0.39 is 0 Å². The Balaban J connectivity index is 2.00. The average Bonchev–Trinajstić information content (AvgIpc) is 2.54. The van der Waals surface area contributed by atoms with Gasteiger partial charge in [-0.2, -0.15) is 0 Å². The molecule has 1 heterocycles. The van der Waals surface area contributed by atoms with Gasteiger partial charge >= 0.3 is 0 Å². The Morgan fingerprint density at radius 3 is 2.29 bits per heavy atom. The summed E-state index contributed by atoms with van der Waals surface area (Å²) in [4.78, 5) is 2.30. The summed E-state index contributed by atoms with van der Waals surface area (Å²) in [5.74, 6) is 0. The van der Waals surface area contributed by atoms with E-state index in [-0.39, 0.29) is 0 Å². The Morgan fingerprint density at radius 2 is 1.43 bits per heavy atom. The molecule has 0 spiro atoms. The van der Waals surface area contributed by atoms with E-state index in [1.807, 2.05) is 18.2 Å². The van der Waals surface area contributed by atoms with Crippen molar-refractivity contribution < 1.29 is 0 Å². The molecule has 0 fully saturated rings. The standard InChI is InChI=1S/C19H16N2/c20-17-10-6-12-19-16(17)13-14-7-4-5-11-18(14)21(19)15-8-2-1-3-9-15/h1-12H,13,20H2. The van der Waals surface area contributed by atoms with E-state index in [0.29, 0.717) is 0 Å². The van der Waals surface area contributed by atoms with Crippen LogP contribution in [0.15, 0.2) is 72.8 Å². The Labute approximate surface area is 124 Å². The van der Waals surface area contributed by atoms with E-state index in [2.05, 4.69) is 59.5 Å². The summed E-state index contributed by atoms with van der Waals surface area (Å²) >= 11 is 0. The summed E-state index contributed by atoms with van der Waals surface area (Å²) in [7, 11) is 0. The zero-order chi connectivity index (χ0) is 14.2. The van der Waals surface area contributed by atoms with Gasteiger partial charge in [-0.15, -0.1) is 0 Å². The monoisotopic (exact) mass is 272 g/mol. The first-order chi connectivity index (χ1) is 10.3. The normalized spacial score (nSPS) is 12.7. The van der Waals surface area contributed by atoms with Crippen LogP contribution in [-0.4, -0.2) is 0 Å². The molecule has 0 amide bonds. The lowest BCUT2D eigenvalue weighted by Crippen LogP contribution is -2.19. The highest BCUT2D eigenvalue weighted by atomic mass is 15.2. The number of nitrogens with two attached hydrogens (primary N) is 1. The molecule has 3 aromatic carbocycles. The van der Waals surface area contributed by atoms with E-state index in [0.717, 1.165) is 17.8 Å². The molecule has 0 atom stereocenters. The number of benzene rings is 3. The van der Waals surface area contributed by atoms with E-state index in [1.165, 1.54) is 22.5 Å². The number of hydrogen-bond donors (Lipinski definition) is 1. The third kappa shape index (κ3) is 1.88. The molecule has 3 aromatic rings. The van der Waals surface area contributed by atoms with Crippen LogP contribution in [0, 0.1) is 0 Å². The van der Waals surface area contributed by atoms with Crippen LogP contribution >= 0.6 is 0 Å². The van der Waals surface area contributed by atoms with Crippen molar-refractivity contribution in [3.63, 3.8) is 0 Å². The third-order valence-electron chi connectivity index (χ3n) is 4.04.